The fourth-order valence-corrected chi connectivity index (χ4v) is 6.11. The van der Waals surface area contributed by atoms with Crippen molar-refractivity contribution in [3.8, 4) is 5.75 Å². The molecule has 0 aromatic heterocycles. The van der Waals surface area contributed by atoms with Crippen LogP contribution in [0.15, 0.2) is 12.1 Å². The molecule has 0 spiro atoms. The highest BCUT2D eigenvalue weighted by Crippen LogP contribution is 2.46. The van der Waals surface area contributed by atoms with E-state index in [1.807, 2.05) is 45.2 Å². The van der Waals surface area contributed by atoms with E-state index in [1.165, 1.54) is 12.1 Å². The molecule has 0 saturated heterocycles. The number of carbonyl (C=O) groups is 3. The maximum atomic E-state index is 13.9. The average Bonchev–Trinajstić information content (AvgIpc) is 2.85. The van der Waals surface area contributed by atoms with Gasteiger partial charge in [0.25, 0.3) is 0 Å². The van der Waals surface area contributed by atoms with Crippen LogP contribution < -0.4 is 4.74 Å². The number of hydrogen-bond acceptors (Lipinski definition) is 9. The maximum Gasteiger partial charge on any atom is 0.312 e. The van der Waals surface area contributed by atoms with Crippen LogP contribution in [0.25, 0.3) is 0 Å². The normalized spacial score (nSPS) is 15.7. The minimum atomic E-state index is -1.29. The summed E-state index contributed by atoms with van der Waals surface area (Å²) in [5.41, 5.74) is -4.41. The van der Waals surface area contributed by atoms with E-state index in [1.54, 1.807) is 55.4 Å². The fourth-order valence-electron chi connectivity index (χ4n) is 4.39. The van der Waals surface area contributed by atoms with Gasteiger partial charge in [0.2, 0.25) is 0 Å². The third-order valence-electron chi connectivity index (χ3n) is 6.46. The van der Waals surface area contributed by atoms with Gasteiger partial charge in [0.05, 0.1) is 30.0 Å². The lowest BCUT2D eigenvalue weighted by molar-refractivity contribution is -0.177. The van der Waals surface area contributed by atoms with Crippen molar-refractivity contribution in [3.63, 3.8) is 0 Å². The number of benzene rings is 1. The molecule has 0 aliphatic rings. The first-order chi connectivity index (χ1) is 18.7. The van der Waals surface area contributed by atoms with Gasteiger partial charge in [-0.05, 0) is 125 Å². The Bertz CT molecular complexity index is 1050. The van der Waals surface area contributed by atoms with Crippen LogP contribution >= 0.6 is 45.2 Å². The van der Waals surface area contributed by atoms with Gasteiger partial charge in [-0.2, -0.15) is 0 Å². The molecule has 1 aromatic carbocycles. The monoisotopic (exact) mass is 808 g/mol. The summed E-state index contributed by atoms with van der Waals surface area (Å²) < 4.78 is 36.5. The molecule has 0 aliphatic heterocycles. The largest absolute Gasteiger partial charge is 0.491 e. The van der Waals surface area contributed by atoms with Crippen LogP contribution in [0.1, 0.15) is 74.7 Å². The van der Waals surface area contributed by atoms with Crippen molar-refractivity contribution in [3.05, 3.63) is 25.1 Å². The lowest BCUT2D eigenvalue weighted by Gasteiger charge is -2.41. The van der Waals surface area contributed by atoms with E-state index >= 15 is 0 Å². The topological polar surface area (TPSA) is 129 Å². The molecular formula is C29H43FI2O9. The van der Waals surface area contributed by atoms with Gasteiger partial charge < -0.3 is 29.2 Å². The summed E-state index contributed by atoms with van der Waals surface area (Å²) in [6.07, 6.45) is -0.843. The summed E-state index contributed by atoms with van der Waals surface area (Å²) in [5, 5.41) is 19.4. The standard InChI is InChI=1S/C29H43FI2O9/c1-9-28(7,24(36)40-15-18(34)14-39-19-12-20(31)22(30)21(32)13-19)17-29(8,25(37)41-26(2,3)4)16-27(5,6)23(35)38-11-10-33/h12-13,18,33-34H,9-11,14-17H2,1-8H3. The highest BCUT2D eigenvalue weighted by Gasteiger charge is 2.50. The number of carbonyl (C=O) groups excluding carboxylic acids is 3. The molecule has 0 heterocycles. The molecule has 1 rings (SSSR count). The maximum absolute atomic E-state index is 13.9. The summed E-state index contributed by atoms with van der Waals surface area (Å²) in [7, 11) is 0. The second kappa shape index (κ2) is 15.5. The highest BCUT2D eigenvalue weighted by molar-refractivity contribution is 14.1. The molecule has 234 valence electrons. The lowest BCUT2D eigenvalue weighted by atomic mass is 9.65. The van der Waals surface area contributed by atoms with Crippen LogP contribution in [0, 0.1) is 29.2 Å². The van der Waals surface area contributed by atoms with Gasteiger partial charge in [-0.3, -0.25) is 14.4 Å². The van der Waals surface area contributed by atoms with Crippen LogP contribution in [-0.2, 0) is 28.6 Å². The molecule has 0 fully saturated rings. The predicted octanol–water partition coefficient (Wildman–Crippen LogP) is 5.42. The molecule has 3 unspecified atom stereocenters. The fraction of sp³-hybridized carbons (Fsp3) is 0.690. The third kappa shape index (κ3) is 11.7. The van der Waals surface area contributed by atoms with Crippen LogP contribution in [0.5, 0.6) is 5.75 Å². The quantitative estimate of drug-likeness (QED) is 0.103. The number of esters is 3. The first kappa shape index (κ1) is 37.8. The van der Waals surface area contributed by atoms with Crippen LogP contribution in [0.2, 0.25) is 0 Å². The summed E-state index contributed by atoms with van der Waals surface area (Å²) in [5.74, 6) is -1.76. The number of aliphatic hydroxyl groups is 2. The van der Waals surface area contributed by atoms with Gasteiger partial charge in [0, 0.05) is 0 Å². The zero-order chi connectivity index (χ0) is 31.8. The van der Waals surface area contributed by atoms with E-state index < -0.39 is 45.9 Å². The molecular weight excluding hydrogens is 765 g/mol. The molecule has 3 atom stereocenters. The molecule has 12 heteroatoms. The number of aliphatic hydroxyl groups excluding tert-OH is 2. The lowest BCUT2D eigenvalue weighted by Crippen LogP contribution is -2.46. The molecule has 9 nitrogen and oxygen atoms in total. The number of ether oxygens (including phenoxy) is 4. The Morgan fingerprint density at radius 1 is 0.878 bits per heavy atom. The van der Waals surface area contributed by atoms with Crippen LogP contribution in [-0.4, -0.2) is 66.3 Å². The molecule has 0 saturated carbocycles. The van der Waals surface area contributed by atoms with Crippen molar-refractivity contribution < 1.29 is 47.9 Å². The number of rotatable bonds is 15. The van der Waals surface area contributed by atoms with Crippen molar-refractivity contribution in [1.29, 1.82) is 0 Å². The zero-order valence-corrected chi connectivity index (χ0v) is 29.4. The summed E-state index contributed by atoms with van der Waals surface area (Å²) in [6, 6.07) is 3.01. The van der Waals surface area contributed by atoms with Crippen molar-refractivity contribution in [1.82, 2.24) is 0 Å². The van der Waals surface area contributed by atoms with Gasteiger partial charge in [-0.15, -0.1) is 0 Å². The van der Waals surface area contributed by atoms with Crippen molar-refractivity contribution in [2.45, 2.75) is 86.4 Å². The Labute approximate surface area is 269 Å². The van der Waals surface area contributed by atoms with Crippen molar-refractivity contribution in [2.75, 3.05) is 26.4 Å². The Balaban J connectivity index is 3.06. The second-order valence-electron chi connectivity index (χ2n) is 12.3. The van der Waals surface area contributed by atoms with E-state index in [0.29, 0.717) is 19.3 Å². The van der Waals surface area contributed by atoms with Crippen molar-refractivity contribution in [2.24, 2.45) is 16.2 Å². The van der Waals surface area contributed by atoms with Crippen LogP contribution in [0.3, 0.4) is 0 Å². The Morgan fingerprint density at radius 3 is 1.93 bits per heavy atom. The van der Waals surface area contributed by atoms with E-state index in [0.717, 1.165) is 0 Å². The smallest absolute Gasteiger partial charge is 0.312 e. The second-order valence-corrected chi connectivity index (χ2v) is 14.7. The molecule has 0 radical (unpaired) electrons. The number of hydrogen-bond donors (Lipinski definition) is 2. The highest BCUT2D eigenvalue weighted by atomic mass is 127. The van der Waals surface area contributed by atoms with Gasteiger partial charge in [0.15, 0.2) is 0 Å². The third-order valence-corrected chi connectivity index (χ3v) is 8.03. The Kier molecular flexibility index (Phi) is 14.2. The zero-order valence-electron chi connectivity index (χ0n) is 25.1. The molecule has 0 amide bonds. The van der Waals surface area contributed by atoms with Gasteiger partial charge in [-0.1, -0.05) is 6.92 Å². The van der Waals surface area contributed by atoms with Gasteiger partial charge in [-0.25, -0.2) is 4.39 Å². The van der Waals surface area contributed by atoms with E-state index in [4.69, 9.17) is 24.1 Å². The van der Waals surface area contributed by atoms with Gasteiger partial charge in [0.1, 0.15) is 43.1 Å². The predicted molar refractivity (Wildman–Crippen MR) is 168 cm³/mol. The molecule has 41 heavy (non-hydrogen) atoms. The first-order valence-electron chi connectivity index (χ1n) is 13.3. The molecule has 2 N–H and O–H groups in total. The van der Waals surface area contributed by atoms with Gasteiger partial charge >= 0.3 is 17.9 Å². The Morgan fingerprint density at radius 2 is 1.44 bits per heavy atom. The molecule has 0 aliphatic carbocycles. The minimum Gasteiger partial charge on any atom is -0.491 e. The van der Waals surface area contributed by atoms with E-state index in [-0.39, 0.29) is 45.1 Å². The summed E-state index contributed by atoms with van der Waals surface area (Å²) >= 11 is 3.70. The van der Waals surface area contributed by atoms with E-state index in [9.17, 15) is 23.9 Å². The SMILES string of the molecule is CCC(C)(CC(C)(CC(C)(C)C(=O)OCCO)C(=O)OC(C)(C)C)C(=O)OCC(O)COc1cc(I)c(F)c(I)c1. The summed E-state index contributed by atoms with van der Waals surface area (Å²) in [6.45, 7) is 12.5. The van der Waals surface area contributed by atoms with Crippen LogP contribution in [0.4, 0.5) is 4.39 Å². The molecule has 1 aromatic rings. The van der Waals surface area contributed by atoms with E-state index in [2.05, 4.69) is 0 Å². The first-order valence-corrected chi connectivity index (χ1v) is 15.5. The summed E-state index contributed by atoms with van der Waals surface area (Å²) in [4.78, 5) is 39.6. The molecule has 0 bridgehead atoms. The van der Waals surface area contributed by atoms with Crippen molar-refractivity contribution >= 4 is 63.1 Å². The Hall–Kier alpha value is -1.26. The number of halogens is 3. The minimum absolute atomic E-state index is 0.00000503. The average molecular weight is 808 g/mol.